The smallest absolute Gasteiger partial charge is 0.278 e. The van der Waals surface area contributed by atoms with Crippen LogP contribution in [-0.2, 0) is 6.42 Å². The minimum atomic E-state index is -0.500. The summed E-state index contributed by atoms with van der Waals surface area (Å²) in [5.41, 5.74) is 0.883. The Kier molecular flexibility index (Phi) is 4.68. The SMILES string of the molecule is CNc1cc([N+](=O)[O-])cc(Oc2ccc(CCO)cc2)n1. The topological polar surface area (TPSA) is 97.5 Å². The molecule has 110 valence electrons. The third-order valence-corrected chi connectivity index (χ3v) is 2.80. The number of rotatable bonds is 6. The van der Waals surface area contributed by atoms with Gasteiger partial charge in [0, 0.05) is 13.7 Å². The van der Waals surface area contributed by atoms with E-state index in [1.807, 2.05) is 12.1 Å². The lowest BCUT2D eigenvalue weighted by molar-refractivity contribution is -0.384. The van der Waals surface area contributed by atoms with Crippen LogP contribution in [-0.4, -0.2) is 28.7 Å². The number of aromatic nitrogens is 1. The molecule has 2 rings (SSSR count). The molecule has 7 heteroatoms. The summed E-state index contributed by atoms with van der Waals surface area (Å²) in [7, 11) is 1.62. The van der Waals surface area contributed by atoms with Gasteiger partial charge in [0.2, 0.25) is 5.88 Å². The van der Waals surface area contributed by atoms with Crippen molar-refractivity contribution in [2.24, 2.45) is 0 Å². The molecule has 2 N–H and O–H groups in total. The Labute approximate surface area is 121 Å². The van der Waals surface area contributed by atoms with E-state index in [0.29, 0.717) is 18.0 Å². The molecule has 0 aliphatic heterocycles. The van der Waals surface area contributed by atoms with Gasteiger partial charge in [0.25, 0.3) is 5.69 Å². The quantitative estimate of drug-likeness (QED) is 0.626. The first-order valence-corrected chi connectivity index (χ1v) is 6.34. The number of nitrogens with one attached hydrogen (secondary N) is 1. The van der Waals surface area contributed by atoms with Crippen LogP contribution < -0.4 is 10.1 Å². The lowest BCUT2D eigenvalue weighted by Gasteiger charge is -2.07. The number of hydrogen-bond donors (Lipinski definition) is 2. The van der Waals surface area contributed by atoms with Crippen molar-refractivity contribution in [2.75, 3.05) is 19.0 Å². The zero-order chi connectivity index (χ0) is 15.2. The van der Waals surface area contributed by atoms with Crippen molar-refractivity contribution in [1.29, 1.82) is 0 Å². The van der Waals surface area contributed by atoms with Crippen molar-refractivity contribution in [2.45, 2.75) is 6.42 Å². The molecule has 21 heavy (non-hydrogen) atoms. The van der Waals surface area contributed by atoms with Gasteiger partial charge in [-0.3, -0.25) is 10.1 Å². The lowest BCUT2D eigenvalue weighted by atomic mass is 10.1. The highest BCUT2D eigenvalue weighted by molar-refractivity contribution is 5.48. The molecule has 0 saturated carbocycles. The molecule has 7 nitrogen and oxygen atoms in total. The van der Waals surface area contributed by atoms with E-state index in [0.717, 1.165) is 5.56 Å². The summed E-state index contributed by atoms with van der Waals surface area (Å²) in [6.45, 7) is 0.0815. The molecule has 1 aromatic carbocycles. The number of nitrogens with zero attached hydrogens (tertiary/aromatic N) is 2. The molecular formula is C14H15N3O4. The molecule has 0 amide bonds. The second-order valence-electron chi connectivity index (χ2n) is 4.28. The van der Waals surface area contributed by atoms with Gasteiger partial charge in [-0.05, 0) is 24.1 Å². The maximum atomic E-state index is 10.9. The minimum absolute atomic E-state index is 0.0815. The predicted molar refractivity (Wildman–Crippen MR) is 77.7 cm³/mol. The Morgan fingerprint density at radius 3 is 2.62 bits per heavy atom. The number of ether oxygens (including phenoxy) is 1. The average Bonchev–Trinajstić information content (AvgIpc) is 2.49. The minimum Gasteiger partial charge on any atom is -0.439 e. The average molecular weight is 289 g/mol. The molecule has 0 radical (unpaired) electrons. The molecule has 0 fully saturated rings. The summed E-state index contributed by atoms with van der Waals surface area (Å²) < 4.78 is 5.53. The summed E-state index contributed by atoms with van der Waals surface area (Å²) >= 11 is 0. The fourth-order valence-corrected chi connectivity index (χ4v) is 1.75. The van der Waals surface area contributed by atoms with E-state index in [1.165, 1.54) is 12.1 Å². The number of anilines is 1. The van der Waals surface area contributed by atoms with Gasteiger partial charge in [-0.1, -0.05) is 12.1 Å². The first-order valence-electron chi connectivity index (χ1n) is 6.34. The van der Waals surface area contributed by atoms with Gasteiger partial charge in [0.05, 0.1) is 17.1 Å². The molecule has 0 saturated heterocycles. The Hall–Kier alpha value is -2.67. The first kappa shape index (κ1) is 14.7. The first-order chi connectivity index (χ1) is 10.1. The van der Waals surface area contributed by atoms with Crippen LogP contribution in [0, 0.1) is 10.1 Å². The van der Waals surface area contributed by atoms with E-state index in [1.54, 1.807) is 19.2 Å². The monoisotopic (exact) mass is 289 g/mol. The van der Waals surface area contributed by atoms with Crippen LogP contribution in [0.2, 0.25) is 0 Å². The molecule has 0 aliphatic carbocycles. The van der Waals surface area contributed by atoms with Crippen molar-refractivity contribution >= 4 is 11.5 Å². The number of aliphatic hydroxyl groups is 1. The van der Waals surface area contributed by atoms with E-state index in [-0.39, 0.29) is 18.2 Å². The Bertz CT molecular complexity index is 629. The van der Waals surface area contributed by atoms with Crippen molar-refractivity contribution < 1.29 is 14.8 Å². The molecular weight excluding hydrogens is 274 g/mol. The number of nitro groups is 1. The second kappa shape index (κ2) is 6.67. The van der Waals surface area contributed by atoms with E-state index in [2.05, 4.69) is 10.3 Å². The normalized spacial score (nSPS) is 10.2. The van der Waals surface area contributed by atoms with E-state index in [4.69, 9.17) is 9.84 Å². The highest BCUT2D eigenvalue weighted by Gasteiger charge is 2.12. The molecule has 0 spiro atoms. The van der Waals surface area contributed by atoms with Crippen LogP contribution in [0.3, 0.4) is 0 Å². The predicted octanol–water partition coefficient (Wildman–Crippen LogP) is 2.36. The largest absolute Gasteiger partial charge is 0.439 e. The summed E-state index contributed by atoms with van der Waals surface area (Å²) in [6, 6.07) is 9.69. The second-order valence-corrected chi connectivity index (χ2v) is 4.28. The summed E-state index contributed by atoms with van der Waals surface area (Å²) in [5, 5.41) is 22.5. The van der Waals surface area contributed by atoms with E-state index >= 15 is 0 Å². The fraction of sp³-hybridized carbons (Fsp3) is 0.214. The number of benzene rings is 1. The molecule has 0 atom stereocenters. The van der Waals surface area contributed by atoms with Crippen molar-refractivity contribution in [3.8, 4) is 11.6 Å². The maximum Gasteiger partial charge on any atom is 0.278 e. The Balaban J connectivity index is 2.21. The van der Waals surface area contributed by atoms with Gasteiger partial charge in [-0.2, -0.15) is 4.98 Å². The van der Waals surface area contributed by atoms with Crippen molar-refractivity contribution in [3.05, 3.63) is 52.1 Å². The number of pyridine rings is 1. The van der Waals surface area contributed by atoms with Crippen molar-refractivity contribution in [1.82, 2.24) is 4.98 Å². The van der Waals surface area contributed by atoms with Crippen LogP contribution in [0.25, 0.3) is 0 Å². The summed E-state index contributed by atoms with van der Waals surface area (Å²) in [6.07, 6.45) is 0.569. The Morgan fingerprint density at radius 1 is 1.33 bits per heavy atom. The molecule has 1 aromatic heterocycles. The van der Waals surface area contributed by atoms with E-state index in [9.17, 15) is 10.1 Å². The van der Waals surface area contributed by atoms with Crippen LogP contribution in [0.5, 0.6) is 11.6 Å². The molecule has 2 aromatic rings. The summed E-state index contributed by atoms with van der Waals surface area (Å²) in [5.74, 6) is 1.02. The van der Waals surface area contributed by atoms with Gasteiger partial charge >= 0.3 is 0 Å². The highest BCUT2D eigenvalue weighted by Crippen LogP contribution is 2.26. The zero-order valence-corrected chi connectivity index (χ0v) is 11.4. The third kappa shape index (κ3) is 3.90. The highest BCUT2D eigenvalue weighted by atomic mass is 16.6. The third-order valence-electron chi connectivity index (χ3n) is 2.80. The van der Waals surface area contributed by atoms with Crippen LogP contribution in [0.4, 0.5) is 11.5 Å². The summed E-state index contributed by atoms with van der Waals surface area (Å²) in [4.78, 5) is 14.5. The van der Waals surface area contributed by atoms with Gasteiger partial charge in [-0.15, -0.1) is 0 Å². The van der Waals surface area contributed by atoms with Crippen LogP contribution in [0.1, 0.15) is 5.56 Å². The fourth-order valence-electron chi connectivity index (χ4n) is 1.75. The van der Waals surface area contributed by atoms with Gasteiger partial charge in [-0.25, -0.2) is 0 Å². The number of aliphatic hydroxyl groups excluding tert-OH is 1. The van der Waals surface area contributed by atoms with Gasteiger partial charge < -0.3 is 15.2 Å². The number of hydrogen-bond acceptors (Lipinski definition) is 6. The van der Waals surface area contributed by atoms with Crippen LogP contribution >= 0.6 is 0 Å². The zero-order valence-electron chi connectivity index (χ0n) is 11.4. The van der Waals surface area contributed by atoms with Crippen molar-refractivity contribution in [3.63, 3.8) is 0 Å². The van der Waals surface area contributed by atoms with E-state index < -0.39 is 4.92 Å². The maximum absolute atomic E-state index is 10.9. The lowest BCUT2D eigenvalue weighted by Crippen LogP contribution is -1.98. The Morgan fingerprint density at radius 2 is 2.05 bits per heavy atom. The molecule has 1 heterocycles. The molecule has 0 bridgehead atoms. The van der Waals surface area contributed by atoms with Gasteiger partial charge in [0.1, 0.15) is 11.6 Å². The standard InChI is InChI=1S/C14H15N3O4/c1-15-13-8-11(17(19)20)9-14(16-13)21-12-4-2-10(3-5-12)6-7-18/h2-5,8-9,18H,6-7H2,1H3,(H,15,16). The van der Waals surface area contributed by atoms with Crippen LogP contribution in [0.15, 0.2) is 36.4 Å². The van der Waals surface area contributed by atoms with Gasteiger partial charge in [0.15, 0.2) is 0 Å². The molecule has 0 unspecified atom stereocenters. The molecule has 0 aliphatic rings.